The van der Waals surface area contributed by atoms with Gasteiger partial charge in [0.05, 0.1) is 18.1 Å². The van der Waals surface area contributed by atoms with Gasteiger partial charge in [-0.25, -0.2) is 0 Å². The van der Waals surface area contributed by atoms with Crippen molar-refractivity contribution in [3.8, 4) is 0 Å². The van der Waals surface area contributed by atoms with Crippen LogP contribution in [-0.2, 0) is 20.8 Å². The van der Waals surface area contributed by atoms with Crippen molar-refractivity contribution < 1.29 is 14.2 Å². The molecule has 3 aliphatic rings. The Balaban J connectivity index is 1.58. The third-order valence-corrected chi connectivity index (χ3v) is 7.31. The van der Waals surface area contributed by atoms with E-state index in [0.29, 0.717) is 6.61 Å². The highest BCUT2D eigenvalue weighted by atomic mass is 28.3. The van der Waals surface area contributed by atoms with Crippen LogP contribution in [0.15, 0.2) is 53.4 Å². The van der Waals surface area contributed by atoms with Crippen LogP contribution in [0, 0.1) is 0 Å². The Morgan fingerprint density at radius 1 is 1.16 bits per heavy atom. The second-order valence-electron chi connectivity index (χ2n) is 8.65. The average Bonchev–Trinajstić information content (AvgIpc) is 3.10. The topological polar surface area (TPSA) is 27.7 Å². The van der Waals surface area contributed by atoms with Gasteiger partial charge < -0.3 is 14.2 Å². The van der Waals surface area contributed by atoms with Crippen LogP contribution in [0.1, 0.15) is 25.3 Å². The maximum Gasteiger partial charge on any atom is 0.143 e. The van der Waals surface area contributed by atoms with E-state index in [-0.39, 0.29) is 23.9 Å². The van der Waals surface area contributed by atoms with Gasteiger partial charge in [0.25, 0.3) is 0 Å². The fraction of sp³-hybridized carbons (Fsp3) is 0.524. The minimum atomic E-state index is -1.50. The van der Waals surface area contributed by atoms with E-state index in [4.69, 9.17) is 14.2 Å². The highest BCUT2D eigenvalue weighted by molar-refractivity contribution is 6.82. The summed E-state index contributed by atoms with van der Waals surface area (Å²) in [6, 6.07) is 10.4. The number of fused-ring (bicyclic) bond motifs is 2. The van der Waals surface area contributed by atoms with Crippen molar-refractivity contribution in [3.05, 3.63) is 59.0 Å². The van der Waals surface area contributed by atoms with Crippen LogP contribution in [0.5, 0.6) is 0 Å². The molecule has 0 aromatic heterocycles. The minimum absolute atomic E-state index is 0.00347. The van der Waals surface area contributed by atoms with E-state index in [9.17, 15) is 0 Å². The Bertz CT molecular complexity index is 704. The zero-order chi connectivity index (χ0) is 17.7. The van der Waals surface area contributed by atoms with E-state index in [1.807, 2.05) is 6.07 Å². The normalized spacial score (nSPS) is 34.0. The van der Waals surface area contributed by atoms with Crippen LogP contribution in [0.25, 0.3) is 0 Å². The Morgan fingerprint density at radius 2 is 1.92 bits per heavy atom. The predicted octanol–water partition coefficient (Wildman–Crippen LogP) is 4.61. The molecule has 0 aliphatic carbocycles. The first kappa shape index (κ1) is 17.1. The molecule has 0 unspecified atom stereocenters. The van der Waals surface area contributed by atoms with E-state index in [1.165, 1.54) is 16.5 Å². The Labute approximate surface area is 151 Å². The first-order chi connectivity index (χ1) is 11.9. The predicted molar refractivity (Wildman–Crippen MR) is 102 cm³/mol. The van der Waals surface area contributed by atoms with Crippen LogP contribution in [0.4, 0.5) is 0 Å². The van der Waals surface area contributed by atoms with Gasteiger partial charge in [-0.15, -0.1) is 0 Å². The maximum absolute atomic E-state index is 6.74. The quantitative estimate of drug-likeness (QED) is 0.582. The van der Waals surface area contributed by atoms with Gasteiger partial charge in [-0.2, -0.15) is 0 Å². The molecule has 3 heterocycles. The van der Waals surface area contributed by atoms with E-state index in [2.05, 4.69) is 63.0 Å². The monoisotopic (exact) mass is 356 g/mol. The summed E-state index contributed by atoms with van der Waals surface area (Å²) in [5, 5.41) is 1.27. The van der Waals surface area contributed by atoms with Crippen LogP contribution >= 0.6 is 0 Å². The fourth-order valence-electron chi connectivity index (χ4n) is 4.50. The fourth-order valence-corrected chi connectivity index (χ4v) is 6.38. The van der Waals surface area contributed by atoms with Crippen LogP contribution in [-0.4, -0.2) is 32.0 Å². The van der Waals surface area contributed by atoms with Crippen molar-refractivity contribution in [1.29, 1.82) is 0 Å². The number of ether oxygens (including phenoxy) is 3. The second kappa shape index (κ2) is 6.11. The van der Waals surface area contributed by atoms with Crippen molar-refractivity contribution in [2.45, 2.75) is 69.9 Å². The molecule has 0 saturated carbocycles. The van der Waals surface area contributed by atoms with Gasteiger partial charge in [0.15, 0.2) is 0 Å². The molecule has 3 nitrogen and oxygen atoms in total. The third kappa shape index (κ3) is 3.11. The first-order valence-electron chi connectivity index (χ1n) is 9.26. The van der Waals surface area contributed by atoms with Crippen molar-refractivity contribution in [1.82, 2.24) is 0 Å². The van der Waals surface area contributed by atoms with Crippen molar-refractivity contribution in [2.75, 3.05) is 0 Å². The first-order valence-corrected chi connectivity index (χ1v) is 12.8. The molecule has 2 bridgehead atoms. The Kier molecular flexibility index (Phi) is 4.17. The summed E-state index contributed by atoms with van der Waals surface area (Å²) in [4.78, 5) is 0. The van der Waals surface area contributed by atoms with Crippen LogP contribution < -0.4 is 0 Å². The zero-order valence-corrected chi connectivity index (χ0v) is 16.6. The lowest BCUT2D eigenvalue weighted by molar-refractivity contribution is -0.205. The van der Waals surface area contributed by atoms with E-state index >= 15 is 0 Å². The highest BCUT2D eigenvalue weighted by Gasteiger charge is 2.57. The molecule has 0 N–H and O–H groups in total. The Hall–Kier alpha value is -1.36. The molecule has 1 fully saturated rings. The molecule has 0 radical (unpaired) electrons. The lowest BCUT2D eigenvalue weighted by atomic mass is 9.83. The van der Waals surface area contributed by atoms with Gasteiger partial charge in [0.1, 0.15) is 25.9 Å². The number of rotatable bonds is 4. The van der Waals surface area contributed by atoms with Gasteiger partial charge >= 0.3 is 0 Å². The third-order valence-electron chi connectivity index (χ3n) is 5.42. The highest BCUT2D eigenvalue weighted by Crippen LogP contribution is 2.49. The molecule has 1 saturated heterocycles. The molecule has 4 rings (SSSR count). The largest absolute Gasteiger partial charge is 0.494 e. The summed E-state index contributed by atoms with van der Waals surface area (Å²) in [5.41, 5.74) is 2.33. The number of hydrogen-bond acceptors (Lipinski definition) is 3. The van der Waals surface area contributed by atoms with E-state index in [1.54, 1.807) is 0 Å². The summed E-state index contributed by atoms with van der Waals surface area (Å²) in [7, 11) is -1.50. The molecular weight excluding hydrogens is 328 g/mol. The Morgan fingerprint density at radius 3 is 2.60 bits per heavy atom. The summed E-state index contributed by atoms with van der Waals surface area (Å²) in [6.45, 7) is 9.91. The molecule has 3 aliphatic heterocycles. The van der Waals surface area contributed by atoms with Gasteiger partial charge in [-0.1, -0.05) is 62.1 Å². The molecule has 25 heavy (non-hydrogen) atoms. The lowest BCUT2D eigenvalue weighted by Gasteiger charge is -2.45. The van der Waals surface area contributed by atoms with Gasteiger partial charge in [0.2, 0.25) is 0 Å². The molecule has 0 amide bonds. The average molecular weight is 357 g/mol. The zero-order valence-electron chi connectivity index (χ0n) is 15.6. The SMILES string of the molecule is CC1=C([Si](C)(C)C)O[C@@]2(C1)C[C@H]1C=C[C@H](O1)[C@H]2OCc1ccccc1. The van der Waals surface area contributed by atoms with Crippen LogP contribution in [0.2, 0.25) is 19.6 Å². The van der Waals surface area contributed by atoms with Crippen molar-refractivity contribution >= 4 is 8.07 Å². The molecular formula is C21H28O3Si. The molecule has 4 atom stereocenters. The van der Waals surface area contributed by atoms with E-state index < -0.39 is 8.07 Å². The summed E-state index contributed by atoms with van der Waals surface area (Å²) < 4.78 is 19.3. The summed E-state index contributed by atoms with van der Waals surface area (Å²) in [6.07, 6.45) is 6.29. The van der Waals surface area contributed by atoms with Crippen molar-refractivity contribution in [2.24, 2.45) is 0 Å². The van der Waals surface area contributed by atoms with Crippen molar-refractivity contribution in [3.63, 3.8) is 0 Å². The molecule has 4 heteroatoms. The van der Waals surface area contributed by atoms with Crippen LogP contribution in [0.3, 0.4) is 0 Å². The van der Waals surface area contributed by atoms with Gasteiger partial charge in [0, 0.05) is 12.8 Å². The summed E-state index contributed by atoms with van der Waals surface area (Å²) in [5.74, 6) is 0. The maximum atomic E-state index is 6.74. The number of hydrogen-bond donors (Lipinski definition) is 0. The molecule has 134 valence electrons. The minimum Gasteiger partial charge on any atom is -0.494 e. The van der Waals surface area contributed by atoms with Gasteiger partial charge in [-0.3, -0.25) is 0 Å². The van der Waals surface area contributed by atoms with Gasteiger partial charge in [-0.05, 0) is 18.1 Å². The second-order valence-corrected chi connectivity index (χ2v) is 13.6. The standard InChI is InChI=1S/C21H28O3Si/c1-15-12-21(24-20(15)25(2,3)4)13-17-10-11-18(23-17)19(21)22-14-16-8-6-5-7-9-16/h5-11,17-19H,12-14H2,1-4H3/t17-,18+,19-,21+/m1/s1. The molecule has 1 aromatic rings. The van der Waals surface area contributed by atoms with E-state index in [0.717, 1.165) is 12.8 Å². The molecule has 1 aromatic carbocycles. The number of benzene rings is 1. The lowest BCUT2D eigenvalue weighted by Crippen LogP contribution is -2.56. The molecule has 1 spiro atoms. The smallest absolute Gasteiger partial charge is 0.143 e. The summed E-state index contributed by atoms with van der Waals surface area (Å²) >= 11 is 0.